The number of amides is 1. The largest absolute Gasteiger partial charge is 0.354 e. The third kappa shape index (κ3) is 4.64. The highest BCUT2D eigenvalue weighted by Crippen LogP contribution is 2.17. The van der Waals surface area contributed by atoms with E-state index >= 15 is 0 Å². The number of hydrogen-bond acceptors (Lipinski definition) is 2. The van der Waals surface area contributed by atoms with Crippen LogP contribution in [0.4, 0.5) is 0 Å². The van der Waals surface area contributed by atoms with Crippen LogP contribution in [-0.4, -0.2) is 36.5 Å². The van der Waals surface area contributed by atoms with Crippen molar-refractivity contribution >= 4 is 5.91 Å². The molecule has 2 rings (SSSR count). The molecule has 3 nitrogen and oxygen atoms in total. The Morgan fingerprint density at radius 2 is 1.95 bits per heavy atom. The lowest BCUT2D eigenvalue weighted by Gasteiger charge is -2.35. The second-order valence-electron chi connectivity index (χ2n) is 6.03. The minimum absolute atomic E-state index is 0.119. The predicted octanol–water partition coefficient (Wildman–Crippen LogP) is 2.47. The predicted molar refractivity (Wildman–Crippen MR) is 82.6 cm³/mol. The number of nitrogens with zero attached hydrogens (tertiary/aromatic N) is 1. The van der Waals surface area contributed by atoms with Crippen molar-refractivity contribution in [3.63, 3.8) is 0 Å². The summed E-state index contributed by atoms with van der Waals surface area (Å²) in [5, 5.41) is 3.06. The Morgan fingerprint density at radius 3 is 2.60 bits per heavy atom. The fraction of sp³-hybridized carbons (Fsp3) is 0.588. The van der Waals surface area contributed by atoms with Crippen LogP contribution in [-0.2, 0) is 11.2 Å². The topological polar surface area (TPSA) is 32.3 Å². The number of hydrogen-bond donors (Lipinski definition) is 1. The first-order valence-corrected chi connectivity index (χ1v) is 7.70. The lowest BCUT2D eigenvalue weighted by atomic mass is 9.98. The Hall–Kier alpha value is -1.35. The van der Waals surface area contributed by atoms with Gasteiger partial charge in [-0.2, -0.15) is 0 Å². The van der Waals surface area contributed by atoms with Gasteiger partial charge in [-0.25, -0.2) is 0 Å². The molecule has 0 aromatic heterocycles. The van der Waals surface area contributed by atoms with Gasteiger partial charge in [0.1, 0.15) is 0 Å². The molecule has 1 atom stereocenters. The first-order chi connectivity index (χ1) is 9.65. The Kier molecular flexibility index (Phi) is 5.60. The van der Waals surface area contributed by atoms with Crippen molar-refractivity contribution in [1.82, 2.24) is 10.2 Å². The smallest absolute Gasteiger partial charge is 0.224 e. The van der Waals surface area contributed by atoms with Gasteiger partial charge in [0.15, 0.2) is 0 Å². The van der Waals surface area contributed by atoms with E-state index in [2.05, 4.69) is 24.1 Å². The Bertz CT molecular complexity index is 410. The molecule has 0 bridgehead atoms. The molecule has 0 radical (unpaired) electrons. The number of carbonyl (C=O) groups excluding carboxylic acids is 1. The first kappa shape index (κ1) is 15.0. The molecule has 3 heteroatoms. The maximum atomic E-state index is 11.9. The lowest BCUT2D eigenvalue weighted by Crippen LogP contribution is -2.45. The molecule has 0 aliphatic carbocycles. The van der Waals surface area contributed by atoms with Crippen molar-refractivity contribution in [2.24, 2.45) is 5.92 Å². The van der Waals surface area contributed by atoms with Gasteiger partial charge < -0.3 is 5.32 Å². The van der Waals surface area contributed by atoms with Crippen LogP contribution >= 0.6 is 0 Å². The van der Waals surface area contributed by atoms with E-state index in [0.29, 0.717) is 12.5 Å². The molecule has 1 aliphatic heterocycles. The highest BCUT2D eigenvalue weighted by molar-refractivity contribution is 5.78. The van der Waals surface area contributed by atoms with E-state index in [1.165, 1.54) is 12.8 Å². The summed E-state index contributed by atoms with van der Waals surface area (Å²) in [6.07, 6.45) is 3.04. The van der Waals surface area contributed by atoms with E-state index in [9.17, 15) is 4.79 Å². The SMILES string of the molecule is CC1CCN(C(C)CNC(=O)Cc2ccccc2)CC1. The molecule has 1 aliphatic rings. The summed E-state index contributed by atoms with van der Waals surface area (Å²) >= 11 is 0. The quantitative estimate of drug-likeness (QED) is 0.894. The third-order valence-corrected chi connectivity index (χ3v) is 4.24. The van der Waals surface area contributed by atoms with Gasteiger partial charge in [-0.3, -0.25) is 9.69 Å². The van der Waals surface area contributed by atoms with Crippen LogP contribution in [0.1, 0.15) is 32.3 Å². The number of carbonyl (C=O) groups is 1. The number of likely N-dealkylation sites (tertiary alicyclic amines) is 1. The zero-order valence-electron chi connectivity index (χ0n) is 12.6. The summed E-state index contributed by atoms with van der Waals surface area (Å²) < 4.78 is 0. The van der Waals surface area contributed by atoms with Crippen LogP contribution < -0.4 is 5.32 Å². The number of rotatable bonds is 5. The minimum Gasteiger partial charge on any atom is -0.354 e. The lowest BCUT2D eigenvalue weighted by molar-refractivity contribution is -0.120. The second kappa shape index (κ2) is 7.44. The number of piperidine rings is 1. The molecule has 1 saturated heterocycles. The Labute approximate surface area is 122 Å². The van der Waals surface area contributed by atoms with Gasteiger partial charge in [0.05, 0.1) is 6.42 Å². The summed E-state index contributed by atoms with van der Waals surface area (Å²) in [7, 11) is 0. The molecule has 0 saturated carbocycles. The highest BCUT2D eigenvalue weighted by atomic mass is 16.1. The molecule has 0 spiro atoms. The minimum atomic E-state index is 0.119. The van der Waals surface area contributed by atoms with Gasteiger partial charge in [0.25, 0.3) is 0 Å². The summed E-state index contributed by atoms with van der Waals surface area (Å²) in [6.45, 7) is 7.61. The van der Waals surface area contributed by atoms with E-state index in [4.69, 9.17) is 0 Å². The number of benzene rings is 1. The zero-order valence-corrected chi connectivity index (χ0v) is 12.6. The van der Waals surface area contributed by atoms with Crippen LogP contribution in [0.3, 0.4) is 0 Å². The third-order valence-electron chi connectivity index (χ3n) is 4.24. The van der Waals surface area contributed by atoms with E-state index in [1.807, 2.05) is 30.3 Å². The monoisotopic (exact) mass is 274 g/mol. The molecule has 1 N–H and O–H groups in total. The standard InChI is InChI=1S/C17H26N2O/c1-14-8-10-19(11-9-14)15(2)13-18-17(20)12-16-6-4-3-5-7-16/h3-7,14-15H,8-13H2,1-2H3,(H,18,20). The number of nitrogens with one attached hydrogen (secondary N) is 1. The van der Waals surface area contributed by atoms with Crippen LogP contribution in [0, 0.1) is 5.92 Å². The molecule has 1 aromatic carbocycles. The van der Waals surface area contributed by atoms with Gasteiger partial charge in [-0.15, -0.1) is 0 Å². The fourth-order valence-electron chi connectivity index (χ4n) is 2.70. The molecule has 1 aromatic rings. The Balaban J connectivity index is 1.70. The summed E-state index contributed by atoms with van der Waals surface area (Å²) in [5.74, 6) is 0.972. The molecule has 1 amide bonds. The molecule has 20 heavy (non-hydrogen) atoms. The highest BCUT2D eigenvalue weighted by Gasteiger charge is 2.20. The maximum absolute atomic E-state index is 11.9. The van der Waals surface area contributed by atoms with E-state index in [0.717, 1.165) is 31.1 Å². The van der Waals surface area contributed by atoms with Crippen molar-refractivity contribution in [1.29, 1.82) is 0 Å². The molecule has 110 valence electrons. The van der Waals surface area contributed by atoms with Crippen LogP contribution in [0.2, 0.25) is 0 Å². The molecular weight excluding hydrogens is 248 g/mol. The van der Waals surface area contributed by atoms with Gasteiger partial charge in [-0.1, -0.05) is 37.3 Å². The zero-order chi connectivity index (χ0) is 14.4. The second-order valence-corrected chi connectivity index (χ2v) is 6.03. The van der Waals surface area contributed by atoms with Crippen molar-refractivity contribution < 1.29 is 4.79 Å². The van der Waals surface area contributed by atoms with Crippen LogP contribution in [0.15, 0.2) is 30.3 Å². The van der Waals surface area contributed by atoms with Gasteiger partial charge in [-0.05, 0) is 44.3 Å². The van der Waals surface area contributed by atoms with E-state index < -0.39 is 0 Å². The molecule has 1 heterocycles. The van der Waals surface area contributed by atoms with Crippen LogP contribution in [0.5, 0.6) is 0 Å². The summed E-state index contributed by atoms with van der Waals surface area (Å²) in [5.41, 5.74) is 1.07. The average Bonchev–Trinajstić information content (AvgIpc) is 2.46. The molecular formula is C17H26N2O. The van der Waals surface area contributed by atoms with Gasteiger partial charge in [0, 0.05) is 12.6 Å². The van der Waals surface area contributed by atoms with E-state index in [-0.39, 0.29) is 5.91 Å². The van der Waals surface area contributed by atoms with Gasteiger partial charge in [0.2, 0.25) is 5.91 Å². The van der Waals surface area contributed by atoms with Crippen molar-refractivity contribution in [2.45, 2.75) is 39.2 Å². The normalized spacial score (nSPS) is 18.7. The van der Waals surface area contributed by atoms with Gasteiger partial charge >= 0.3 is 0 Å². The Morgan fingerprint density at radius 1 is 1.30 bits per heavy atom. The fourth-order valence-corrected chi connectivity index (χ4v) is 2.70. The average molecular weight is 274 g/mol. The maximum Gasteiger partial charge on any atom is 0.224 e. The van der Waals surface area contributed by atoms with Crippen molar-refractivity contribution in [3.05, 3.63) is 35.9 Å². The van der Waals surface area contributed by atoms with Crippen LogP contribution in [0.25, 0.3) is 0 Å². The van der Waals surface area contributed by atoms with E-state index in [1.54, 1.807) is 0 Å². The molecule has 1 unspecified atom stereocenters. The summed E-state index contributed by atoms with van der Waals surface area (Å²) in [6, 6.07) is 10.3. The summed E-state index contributed by atoms with van der Waals surface area (Å²) in [4.78, 5) is 14.4. The van der Waals surface area contributed by atoms with Crippen molar-refractivity contribution in [3.8, 4) is 0 Å². The molecule has 1 fully saturated rings. The first-order valence-electron chi connectivity index (χ1n) is 7.70. The van der Waals surface area contributed by atoms with Crippen molar-refractivity contribution in [2.75, 3.05) is 19.6 Å².